The minimum atomic E-state index is -1.10. The summed E-state index contributed by atoms with van der Waals surface area (Å²) in [6.07, 6.45) is 41.8. The number of rotatable bonds is 33. The van der Waals surface area contributed by atoms with Gasteiger partial charge < -0.3 is 20.6 Å². The standard InChI is InChI=1S/C39H73NO4/c1-3-5-7-9-11-13-15-16-17-18-19-20-21-22-23-24-26-28-30-32-34-38(43)39(44)40-36(35-41)37(42)33-31-29-27-25-14-12-10-8-6-4-2/h6,8,14,25,31,33,36-38,41-43H,3-5,7,9-13,15-24,26-30,32,34-35H2,1-2H3,(H,40,44)/b8-6+,25-14+,33-31+. The van der Waals surface area contributed by atoms with Crippen LogP contribution in [0.1, 0.15) is 181 Å². The summed E-state index contributed by atoms with van der Waals surface area (Å²) in [7, 11) is 0. The number of carbonyl (C=O) groups excluding carboxylic acids is 1. The van der Waals surface area contributed by atoms with Gasteiger partial charge in [0.2, 0.25) is 5.91 Å². The third-order valence-electron chi connectivity index (χ3n) is 8.47. The van der Waals surface area contributed by atoms with Crippen LogP contribution >= 0.6 is 0 Å². The molecule has 0 spiro atoms. The molecular weight excluding hydrogens is 546 g/mol. The number of nitrogens with one attached hydrogen (secondary N) is 1. The van der Waals surface area contributed by atoms with Crippen LogP contribution in [0.4, 0.5) is 0 Å². The molecule has 44 heavy (non-hydrogen) atoms. The maximum Gasteiger partial charge on any atom is 0.249 e. The molecule has 0 aliphatic carbocycles. The molecule has 0 heterocycles. The van der Waals surface area contributed by atoms with Crippen LogP contribution in [0.3, 0.4) is 0 Å². The SMILES string of the molecule is CC/C=C/CC/C=C/CC/C=C/C(O)C(CO)NC(=O)C(O)CCCCCCCCCCCCCCCCCCCCCC. The zero-order chi connectivity index (χ0) is 32.4. The van der Waals surface area contributed by atoms with Crippen molar-refractivity contribution in [1.82, 2.24) is 5.32 Å². The van der Waals surface area contributed by atoms with Gasteiger partial charge in [0.1, 0.15) is 6.10 Å². The Kier molecular flexibility index (Phi) is 33.3. The van der Waals surface area contributed by atoms with Gasteiger partial charge in [-0.3, -0.25) is 4.79 Å². The molecule has 0 saturated heterocycles. The van der Waals surface area contributed by atoms with Gasteiger partial charge in [-0.25, -0.2) is 0 Å². The Bertz CT molecular complexity index is 690. The molecule has 3 atom stereocenters. The number of carbonyl (C=O) groups is 1. The Morgan fingerprint density at radius 3 is 1.36 bits per heavy atom. The molecule has 0 fully saturated rings. The van der Waals surface area contributed by atoms with Crippen LogP contribution in [-0.4, -0.2) is 46.1 Å². The Morgan fingerprint density at radius 2 is 0.955 bits per heavy atom. The van der Waals surface area contributed by atoms with Gasteiger partial charge in [-0.15, -0.1) is 0 Å². The molecule has 258 valence electrons. The Balaban J connectivity index is 3.68. The fourth-order valence-corrected chi connectivity index (χ4v) is 5.52. The van der Waals surface area contributed by atoms with E-state index in [1.807, 2.05) is 6.08 Å². The zero-order valence-corrected chi connectivity index (χ0v) is 29.0. The quantitative estimate of drug-likeness (QED) is 0.0435. The Morgan fingerprint density at radius 1 is 0.568 bits per heavy atom. The molecule has 1 amide bonds. The molecule has 0 aromatic carbocycles. The van der Waals surface area contributed by atoms with Crippen LogP contribution in [0.5, 0.6) is 0 Å². The monoisotopic (exact) mass is 620 g/mol. The van der Waals surface area contributed by atoms with Crippen molar-refractivity contribution in [2.75, 3.05) is 6.61 Å². The lowest BCUT2D eigenvalue weighted by atomic mass is 10.0. The minimum Gasteiger partial charge on any atom is -0.394 e. The van der Waals surface area contributed by atoms with Crippen LogP contribution in [0.25, 0.3) is 0 Å². The lowest BCUT2D eigenvalue weighted by Gasteiger charge is -2.21. The van der Waals surface area contributed by atoms with Crippen LogP contribution in [0.2, 0.25) is 0 Å². The van der Waals surface area contributed by atoms with E-state index in [1.54, 1.807) is 6.08 Å². The first-order valence-electron chi connectivity index (χ1n) is 18.8. The van der Waals surface area contributed by atoms with E-state index < -0.39 is 24.2 Å². The van der Waals surface area contributed by atoms with Crippen molar-refractivity contribution >= 4 is 5.91 Å². The molecular formula is C39H73NO4. The maximum absolute atomic E-state index is 12.4. The summed E-state index contributed by atoms with van der Waals surface area (Å²) < 4.78 is 0. The van der Waals surface area contributed by atoms with Gasteiger partial charge in [-0.2, -0.15) is 0 Å². The van der Waals surface area contributed by atoms with E-state index in [0.29, 0.717) is 6.42 Å². The molecule has 3 unspecified atom stereocenters. The van der Waals surface area contributed by atoms with Gasteiger partial charge in [0.25, 0.3) is 0 Å². The molecule has 4 N–H and O–H groups in total. The van der Waals surface area contributed by atoms with Crippen molar-refractivity contribution in [1.29, 1.82) is 0 Å². The summed E-state index contributed by atoms with van der Waals surface area (Å²) in [6.45, 7) is 4.03. The summed E-state index contributed by atoms with van der Waals surface area (Å²) in [4.78, 5) is 12.4. The van der Waals surface area contributed by atoms with Gasteiger partial charge in [-0.05, 0) is 38.5 Å². The number of allylic oxidation sites excluding steroid dienone is 5. The van der Waals surface area contributed by atoms with E-state index in [1.165, 1.54) is 109 Å². The molecule has 0 saturated carbocycles. The predicted molar refractivity (Wildman–Crippen MR) is 190 cm³/mol. The van der Waals surface area contributed by atoms with E-state index in [0.717, 1.165) is 51.4 Å². The number of hydrogen-bond donors (Lipinski definition) is 4. The molecule has 0 rings (SSSR count). The Hall–Kier alpha value is -1.43. The van der Waals surface area contributed by atoms with Crippen LogP contribution in [-0.2, 0) is 4.79 Å². The smallest absolute Gasteiger partial charge is 0.249 e. The van der Waals surface area contributed by atoms with E-state index in [9.17, 15) is 20.1 Å². The first kappa shape index (κ1) is 42.6. The molecule has 5 heteroatoms. The molecule has 5 nitrogen and oxygen atoms in total. The topological polar surface area (TPSA) is 89.8 Å². The second-order valence-corrected chi connectivity index (χ2v) is 12.7. The normalized spacial score (nSPS) is 14.2. The van der Waals surface area contributed by atoms with Crippen LogP contribution in [0.15, 0.2) is 36.5 Å². The lowest BCUT2D eigenvalue weighted by Crippen LogP contribution is -2.48. The summed E-state index contributed by atoms with van der Waals surface area (Å²) in [5, 5.41) is 32.8. The summed E-state index contributed by atoms with van der Waals surface area (Å²) in [5.41, 5.74) is 0. The van der Waals surface area contributed by atoms with Gasteiger partial charge in [0.15, 0.2) is 0 Å². The van der Waals surface area contributed by atoms with E-state index in [4.69, 9.17) is 0 Å². The van der Waals surface area contributed by atoms with Crippen LogP contribution < -0.4 is 5.32 Å². The van der Waals surface area contributed by atoms with Gasteiger partial charge in [0, 0.05) is 0 Å². The summed E-state index contributed by atoms with van der Waals surface area (Å²) >= 11 is 0. The number of amides is 1. The highest BCUT2D eigenvalue weighted by Crippen LogP contribution is 2.15. The van der Waals surface area contributed by atoms with Crippen LogP contribution in [0, 0.1) is 0 Å². The van der Waals surface area contributed by atoms with Gasteiger partial charge >= 0.3 is 0 Å². The number of unbranched alkanes of at least 4 members (excludes halogenated alkanes) is 21. The van der Waals surface area contributed by atoms with E-state index in [-0.39, 0.29) is 6.61 Å². The number of hydrogen-bond acceptors (Lipinski definition) is 4. The third kappa shape index (κ3) is 29.3. The maximum atomic E-state index is 12.4. The molecule has 0 aromatic heterocycles. The second kappa shape index (κ2) is 34.4. The Labute approximate surface area is 273 Å². The fraction of sp³-hybridized carbons (Fsp3) is 0.821. The minimum absolute atomic E-state index is 0.381. The van der Waals surface area contributed by atoms with Crippen molar-refractivity contribution < 1.29 is 20.1 Å². The first-order valence-corrected chi connectivity index (χ1v) is 18.8. The van der Waals surface area contributed by atoms with E-state index >= 15 is 0 Å². The number of aliphatic hydroxyl groups excluding tert-OH is 3. The molecule has 0 aliphatic rings. The number of aliphatic hydroxyl groups is 3. The highest BCUT2D eigenvalue weighted by atomic mass is 16.3. The average molecular weight is 620 g/mol. The lowest BCUT2D eigenvalue weighted by molar-refractivity contribution is -0.131. The second-order valence-electron chi connectivity index (χ2n) is 12.7. The van der Waals surface area contributed by atoms with Crippen molar-refractivity contribution in [3.05, 3.63) is 36.5 Å². The van der Waals surface area contributed by atoms with E-state index in [2.05, 4.69) is 43.5 Å². The van der Waals surface area contributed by atoms with Crippen molar-refractivity contribution in [3.8, 4) is 0 Å². The highest BCUT2D eigenvalue weighted by molar-refractivity contribution is 5.80. The highest BCUT2D eigenvalue weighted by Gasteiger charge is 2.22. The first-order chi connectivity index (χ1) is 21.6. The van der Waals surface area contributed by atoms with Gasteiger partial charge in [0.05, 0.1) is 18.8 Å². The van der Waals surface area contributed by atoms with Crippen molar-refractivity contribution in [2.45, 2.75) is 199 Å². The van der Waals surface area contributed by atoms with Gasteiger partial charge in [-0.1, -0.05) is 179 Å². The largest absolute Gasteiger partial charge is 0.394 e. The van der Waals surface area contributed by atoms with Crippen molar-refractivity contribution in [3.63, 3.8) is 0 Å². The molecule has 0 aliphatic heterocycles. The third-order valence-corrected chi connectivity index (χ3v) is 8.47. The zero-order valence-electron chi connectivity index (χ0n) is 29.0. The van der Waals surface area contributed by atoms with Crippen molar-refractivity contribution in [2.24, 2.45) is 0 Å². The fourth-order valence-electron chi connectivity index (χ4n) is 5.52. The molecule has 0 bridgehead atoms. The summed E-state index contributed by atoms with van der Waals surface area (Å²) in [5.74, 6) is -0.519. The summed E-state index contributed by atoms with van der Waals surface area (Å²) in [6, 6.07) is -0.816. The molecule has 0 radical (unpaired) electrons. The molecule has 0 aromatic rings. The predicted octanol–water partition coefficient (Wildman–Crippen LogP) is 10.0. The average Bonchev–Trinajstić information content (AvgIpc) is 3.03.